The maximum absolute atomic E-state index is 10.6. The maximum Gasteiger partial charge on any atom is 0.106 e. The van der Waals surface area contributed by atoms with Gasteiger partial charge in [-0.15, -0.1) is 0 Å². The van der Waals surface area contributed by atoms with Crippen molar-refractivity contribution in [1.29, 1.82) is 0 Å². The standard InChI is InChI=1S/C14H10Br4O/c1-7-4-13(18)10(6-12(7)17)14(19)9-5-8(15)2-3-11(9)16/h2-6,14,19H,1H3. The van der Waals surface area contributed by atoms with Crippen molar-refractivity contribution in [1.82, 2.24) is 0 Å². The Labute approximate surface area is 145 Å². The molecule has 1 nitrogen and oxygen atoms in total. The van der Waals surface area contributed by atoms with Gasteiger partial charge in [0, 0.05) is 29.0 Å². The van der Waals surface area contributed by atoms with Crippen LogP contribution < -0.4 is 0 Å². The third kappa shape index (κ3) is 3.50. The molecule has 100 valence electrons. The SMILES string of the molecule is Cc1cc(Br)c(C(O)c2cc(Br)ccc2Br)cc1Br. The summed E-state index contributed by atoms with van der Waals surface area (Å²) in [5.41, 5.74) is 2.78. The first-order chi connectivity index (χ1) is 8.90. The van der Waals surface area contributed by atoms with E-state index in [0.29, 0.717) is 0 Å². The number of aliphatic hydroxyl groups is 1. The van der Waals surface area contributed by atoms with Crippen molar-refractivity contribution in [2.45, 2.75) is 13.0 Å². The van der Waals surface area contributed by atoms with Crippen molar-refractivity contribution in [3.05, 3.63) is 64.9 Å². The van der Waals surface area contributed by atoms with Crippen LogP contribution >= 0.6 is 63.7 Å². The zero-order valence-electron chi connectivity index (χ0n) is 9.92. The van der Waals surface area contributed by atoms with Gasteiger partial charge in [0.15, 0.2) is 0 Å². The van der Waals surface area contributed by atoms with Gasteiger partial charge >= 0.3 is 0 Å². The summed E-state index contributed by atoms with van der Waals surface area (Å²) in [6.07, 6.45) is -0.696. The van der Waals surface area contributed by atoms with Gasteiger partial charge < -0.3 is 5.11 Å². The number of hydrogen-bond donors (Lipinski definition) is 1. The summed E-state index contributed by atoms with van der Waals surface area (Å²) in [7, 11) is 0. The fraction of sp³-hybridized carbons (Fsp3) is 0.143. The molecule has 5 heteroatoms. The molecule has 2 aromatic rings. The lowest BCUT2D eigenvalue weighted by molar-refractivity contribution is 0.218. The summed E-state index contributed by atoms with van der Waals surface area (Å²) in [5, 5.41) is 10.6. The zero-order valence-corrected chi connectivity index (χ0v) is 16.3. The van der Waals surface area contributed by atoms with Gasteiger partial charge in [-0.3, -0.25) is 0 Å². The van der Waals surface area contributed by atoms with Crippen molar-refractivity contribution in [3.8, 4) is 0 Å². The number of halogens is 4. The highest BCUT2D eigenvalue weighted by atomic mass is 79.9. The predicted molar refractivity (Wildman–Crippen MR) is 92.5 cm³/mol. The number of benzene rings is 2. The van der Waals surface area contributed by atoms with Crippen LogP contribution in [0.15, 0.2) is 48.2 Å². The van der Waals surface area contributed by atoms with E-state index in [1.807, 2.05) is 37.3 Å². The topological polar surface area (TPSA) is 20.2 Å². The number of rotatable bonds is 2. The molecule has 0 spiro atoms. The lowest BCUT2D eigenvalue weighted by atomic mass is 10.0. The predicted octanol–water partition coefficient (Wildman–Crippen LogP) is 6.13. The van der Waals surface area contributed by atoms with Crippen LogP contribution in [0.3, 0.4) is 0 Å². The van der Waals surface area contributed by atoms with Crippen LogP contribution in [0.5, 0.6) is 0 Å². The Bertz CT molecular complexity index is 625. The van der Waals surface area contributed by atoms with Crippen LogP contribution in [-0.4, -0.2) is 5.11 Å². The van der Waals surface area contributed by atoms with E-state index in [-0.39, 0.29) is 0 Å². The quantitative estimate of drug-likeness (QED) is 0.512. The van der Waals surface area contributed by atoms with E-state index < -0.39 is 6.10 Å². The molecule has 0 amide bonds. The highest BCUT2D eigenvalue weighted by molar-refractivity contribution is 9.11. The average Bonchev–Trinajstić information content (AvgIpc) is 2.36. The third-order valence-corrected chi connectivity index (χ3v) is 5.58. The monoisotopic (exact) mass is 510 g/mol. The smallest absolute Gasteiger partial charge is 0.106 e. The summed E-state index contributed by atoms with van der Waals surface area (Å²) in [6, 6.07) is 9.70. The molecule has 2 rings (SSSR count). The Kier molecular flexibility index (Phi) is 5.28. The molecule has 0 heterocycles. The van der Waals surface area contributed by atoms with Gasteiger partial charge in [-0.05, 0) is 42.8 Å². The first-order valence-electron chi connectivity index (χ1n) is 5.48. The summed E-state index contributed by atoms with van der Waals surface area (Å²) in [4.78, 5) is 0. The van der Waals surface area contributed by atoms with Gasteiger partial charge in [0.05, 0.1) is 0 Å². The van der Waals surface area contributed by atoms with Crippen LogP contribution in [-0.2, 0) is 0 Å². The molecule has 0 aliphatic carbocycles. The second-order valence-electron chi connectivity index (χ2n) is 4.19. The minimum atomic E-state index is -0.696. The molecule has 0 saturated heterocycles. The van der Waals surface area contributed by atoms with Crippen molar-refractivity contribution >= 4 is 63.7 Å². The molecule has 0 fully saturated rings. The van der Waals surface area contributed by atoms with E-state index >= 15 is 0 Å². The Morgan fingerprint density at radius 2 is 1.47 bits per heavy atom. The van der Waals surface area contributed by atoms with E-state index in [9.17, 15) is 5.11 Å². The first kappa shape index (κ1) is 15.7. The maximum atomic E-state index is 10.6. The Hall–Kier alpha value is 0.320. The van der Waals surface area contributed by atoms with E-state index in [0.717, 1.165) is 34.6 Å². The van der Waals surface area contributed by atoms with Gasteiger partial charge in [-0.1, -0.05) is 63.7 Å². The van der Waals surface area contributed by atoms with E-state index in [1.165, 1.54) is 0 Å². The molecule has 2 aromatic carbocycles. The molecule has 0 aliphatic heterocycles. The fourth-order valence-corrected chi connectivity index (χ4v) is 3.64. The largest absolute Gasteiger partial charge is 0.384 e. The van der Waals surface area contributed by atoms with Crippen LogP contribution in [0.25, 0.3) is 0 Å². The number of hydrogen-bond acceptors (Lipinski definition) is 1. The van der Waals surface area contributed by atoms with Crippen molar-refractivity contribution in [3.63, 3.8) is 0 Å². The fourth-order valence-electron chi connectivity index (χ4n) is 1.76. The Morgan fingerprint density at radius 1 is 0.842 bits per heavy atom. The summed E-state index contributed by atoms with van der Waals surface area (Å²) in [5.74, 6) is 0. The normalized spacial score (nSPS) is 12.5. The first-order valence-corrected chi connectivity index (χ1v) is 8.66. The Morgan fingerprint density at radius 3 is 2.16 bits per heavy atom. The average molecular weight is 514 g/mol. The molecule has 1 unspecified atom stereocenters. The summed E-state index contributed by atoms with van der Waals surface area (Å²) in [6.45, 7) is 2.01. The molecule has 0 radical (unpaired) electrons. The molecular weight excluding hydrogens is 504 g/mol. The van der Waals surface area contributed by atoms with Gasteiger partial charge in [0.25, 0.3) is 0 Å². The lowest BCUT2D eigenvalue weighted by Crippen LogP contribution is -2.02. The highest BCUT2D eigenvalue weighted by Gasteiger charge is 2.18. The van der Waals surface area contributed by atoms with Crippen molar-refractivity contribution < 1.29 is 5.11 Å². The summed E-state index contributed by atoms with van der Waals surface area (Å²) >= 11 is 13.9. The van der Waals surface area contributed by atoms with Crippen LogP contribution in [0.2, 0.25) is 0 Å². The number of aryl methyl sites for hydroxylation is 1. The Balaban J connectivity index is 2.52. The summed E-state index contributed by atoms with van der Waals surface area (Å²) < 4.78 is 3.70. The van der Waals surface area contributed by atoms with Gasteiger partial charge in [0.1, 0.15) is 6.10 Å². The van der Waals surface area contributed by atoms with Gasteiger partial charge in [-0.2, -0.15) is 0 Å². The molecule has 0 aliphatic rings. The van der Waals surface area contributed by atoms with E-state index in [2.05, 4.69) is 63.7 Å². The van der Waals surface area contributed by atoms with Gasteiger partial charge in [0.2, 0.25) is 0 Å². The number of aliphatic hydroxyl groups excluding tert-OH is 1. The van der Waals surface area contributed by atoms with E-state index in [4.69, 9.17) is 0 Å². The lowest BCUT2D eigenvalue weighted by Gasteiger charge is -2.16. The second-order valence-corrected chi connectivity index (χ2v) is 7.67. The molecule has 0 saturated carbocycles. The third-order valence-electron chi connectivity index (χ3n) is 2.83. The van der Waals surface area contributed by atoms with Crippen LogP contribution in [0.1, 0.15) is 22.8 Å². The molecule has 0 bridgehead atoms. The minimum absolute atomic E-state index is 0.696. The molecule has 1 N–H and O–H groups in total. The molecular formula is C14H10Br4O. The second kappa shape index (κ2) is 6.39. The minimum Gasteiger partial charge on any atom is -0.384 e. The van der Waals surface area contributed by atoms with E-state index in [1.54, 1.807) is 0 Å². The molecule has 0 aromatic heterocycles. The van der Waals surface area contributed by atoms with Crippen LogP contribution in [0, 0.1) is 6.92 Å². The molecule has 1 atom stereocenters. The van der Waals surface area contributed by atoms with Crippen molar-refractivity contribution in [2.75, 3.05) is 0 Å². The highest BCUT2D eigenvalue weighted by Crippen LogP contribution is 2.36. The molecule has 19 heavy (non-hydrogen) atoms. The van der Waals surface area contributed by atoms with Crippen molar-refractivity contribution in [2.24, 2.45) is 0 Å². The van der Waals surface area contributed by atoms with Gasteiger partial charge in [-0.25, -0.2) is 0 Å². The zero-order chi connectivity index (χ0) is 14.2. The van der Waals surface area contributed by atoms with Crippen LogP contribution in [0.4, 0.5) is 0 Å².